The average Bonchev–Trinajstić information content (AvgIpc) is 2.49. The molecule has 0 aliphatic carbocycles. The van der Waals surface area contributed by atoms with Gasteiger partial charge < -0.3 is 0 Å². The summed E-state index contributed by atoms with van der Waals surface area (Å²) in [5.74, 6) is -0.133. The molecule has 5 heteroatoms. The molecular weight excluding hydrogens is 270 g/mol. The summed E-state index contributed by atoms with van der Waals surface area (Å²) in [6.45, 7) is 1.85. The van der Waals surface area contributed by atoms with Gasteiger partial charge in [0.05, 0.1) is 17.2 Å². The van der Waals surface area contributed by atoms with Gasteiger partial charge in [-0.1, -0.05) is 24.3 Å². The zero-order valence-electron chi connectivity index (χ0n) is 11.1. The number of hydrogen-bond donors (Lipinski definition) is 1. The molecule has 0 saturated heterocycles. The van der Waals surface area contributed by atoms with Gasteiger partial charge in [-0.15, -0.1) is 11.8 Å². The molecule has 1 aromatic carbocycles. The molecule has 1 amide bonds. The lowest BCUT2D eigenvalue weighted by Gasteiger charge is -2.08. The van der Waals surface area contributed by atoms with Crippen molar-refractivity contribution in [1.29, 1.82) is 0 Å². The summed E-state index contributed by atoms with van der Waals surface area (Å²) in [6, 6.07) is 15.3. The maximum atomic E-state index is 11.9. The standard InChI is InChI=1S/C15H15N3OS/c1-12(20-14-8-3-2-4-9-14)15(19)18-17-11-13-7-5-6-10-16-13/h2-12H,1H3,(H,18,19)/b17-11-/t12-/m1/s1. The molecule has 0 aliphatic heterocycles. The van der Waals surface area contributed by atoms with Gasteiger partial charge in [0.15, 0.2) is 0 Å². The van der Waals surface area contributed by atoms with Crippen LogP contribution in [0.4, 0.5) is 0 Å². The minimum Gasteiger partial charge on any atom is -0.272 e. The van der Waals surface area contributed by atoms with Crippen molar-refractivity contribution in [2.45, 2.75) is 17.1 Å². The molecule has 0 saturated carbocycles. The molecule has 2 aromatic rings. The monoisotopic (exact) mass is 285 g/mol. The number of carbonyl (C=O) groups is 1. The minimum absolute atomic E-state index is 0.133. The summed E-state index contributed by atoms with van der Waals surface area (Å²) in [5, 5.41) is 3.69. The highest BCUT2D eigenvalue weighted by Gasteiger charge is 2.13. The molecule has 0 fully saturated rings. The zero-order valence-corrected chi connectivity index (χ0v) is 11.9. The van der Waals surface area contributed by atoms with Crippen molar-refractivity contribution in [3.05, 3.63) is 60.4 Å². The molecule has 0 bridgehead atoms. The molecule has 20 heavy (non-hydrogen) atoms. The Bertz CT molecular complexity index is 572. The molecule has 0 aliphatic rings. The second-order valence-corrected chi connectivity index (χ2v) is 5.48. The summed E-state index contributed by atoms with van der Waals surface area (Å²) < 4.78 is 0. The smallest absolute Gasteiger partial charge is 0.253 e. The van der Waals surface area contributed by atoms with Gasteiger partial charge in [0.1, 0.15) is 0 Å². The molecule has 1 atom stereocenters. The van der Waals surface area contributed by atoms with Gasteiger partial charge in [0.2, 0.25) is 0 Å². The van der Waals surface area contributed by atoms with E-state index in [1.165, 1.54) is 18.0 Å². The van der Waals surface area contributed by atoms with Crippen LogP contribution in [0.3, 0.4) is 0 Å². The number of pyridine rings is 1. The second-order valence-electron chi connectivity index (χ2n) is 4.06. The van der Waals surface area contributed by atoms with Gasteiger partial charge in [-0.2, -0.15) is 5.10 Å². The first-order valence-corrected chi connectivity index (χ1v) is 7.09. The van der Waals surface area contributed by atoms with Crippen LogP contribution in [0.1, 0.15) is 12.6 Å². The Balaban J connectivity index is 1.84. The van der Waals surface area contributed by atoms with Crippen molar-refractivity contribution < 1.29 is 4.79 Å². The number of carbonyl (C=O) groups excluding carboxylic acids is 1. The average molecular weight is 285 g/mol. The number of hydrogen-bond acceptors (Lipinski definition) is 4. The SMILES string of the molecule is C[C@@H](Sc1ccccc1)C(=O)N/N=C\c1ccccn1. The minimum atomic E-state index is -0.210. The van der Waals surface area contributed by atoms with Crippen LogP contribution in [-0.4, -0.2) is 22.4 Å². The second kappa shape index (κ2) is 7.45. The topological polar surface area (TPSA) is 54.4 Å². The van der Waals surface area contributed by atoms with Crippen LogP contribution >= 0.6 is 11.8 Å². The summed E-state index contributed by atoms with van der Waals surface area (Å²) in [7, 11) is 0. The maximum absolute atomic E-state index is 11.9. The first-order chi connectivity index (χ1) is 9.75. The fourth-order valence-corrected chi connectivity index (χ4v) is 2.34. The van der Waals surface area contributed by atoms with E-state index in [1.807, 2.05) is 55.5 Å². The third-order valence-electron chi connectivity index (χ3n) is 2.48. The molecule has 1 N–H and O–H groups in total. The van der Waals surface area contributed by atoms with Gasteiger partial charge in [0, 0.05) is 11.1 Å². The van der Waals surface area contributed by atoms with E-state index < -0.39 is 0 Å². The van der Waals surface area contributed by atoms with Crippen molar-refractivity contribution >= 4 is 23.9 Å². The van der Waals surface area contributed by atoms with Crippen LogP contribution in [0.25, 0.3) is 0 Å². The van der Waals surface area contributed by atoms with Gasteiger partial charge in [-0.05, 0) is 31.2 Å². The van der Waals surface area contributed by atoms with E-state index in [2.05, 4.69) is 15.5 Å². The normalized spacial score (nSPS) is 12.2. The van der Waals surface area contributed by atoms with Crippen LogP contribution in [-0.2, 0) is 4.79 Å². The molecule has 1 aromatic heterocycles. The summed E-state index contributed by atoms with van der Waals surface area (Å²) in [6.07, 6.45) is 3.20. The summed E-state index contributed by atoms with van der Waals surface area (Å²) >= 11 is 1.50. The lowest BCUT2D eigenvalue weighted by Crippen LogP contribution is -2.26. The van der Waals surface area contributed by atoms with Crippen molar-refractivity contribution in [2.24, 2.45) is 5.10 Å². The molecule has 0 unspecified atom stereocenters. The van der Waals surface area contributed by atoms with E-state index >= 15 is 0 Å². The van der Waals surface area contributed by atoms with Crippen LogP contribution in [0.5, 0.6) is 0 Å². The number of benzene rings is 1. The number of amides is 1. The molecule has 102 valence electrons. The Morgan fingerprint density at radius 1 is 1.25 bits per heavy atom. The van der Waals surface area contributed by atoms with Crippen molar-refractivity contribution in [3.8, 4) is 0 Å². The Kier molecular flexibility index (Phi) is 5.32. The van der Waals surface area contributed by atoms with Crippen LogP contribution in [0.15, 0.2) is 64.7 Å². The Hall–Kier alpha value is -2.14. The first-order valence-electron chi connectivity index (χ1n) is 6.21. The lowest BCUT2D eigenvalue weighted by molar-refractivity contribution is -0.120. The molecule has 0 radical (unpaired) electrons. The number of rotatable bonds is 5. The lowest BCUT2D eigenvalue weighted by atomic mass is 10.4. The van der Waals surface area contributed by atoms with E-state index in [0.717, 1.165) is 4.90 Å². The summed E-state index contributed by atoms with van der Waals surface area (Å²) in [4.78, 5) is 17.0. The van der Waals surface area contributed by atoms with Gasteiger partial charge in [-0.3, -0.25) is 9.78 Å². The van der Waals surface area contributed by atoms with E-state index in [0.29, 0.717) is 5.69 Å². The molecular formula is C15H15N3OS. The third-order valence-corrected chi connectivity index (χ3v) is 3.60. The van der Waals surface area contributed by atoms with Crippen LogP contribution < -0.4 is 5.43 Å². The first kappa shape index (κ1) is 14.3. The third kappa shape index (κ3) is 4.51. The van der Waals surface area contributed by atoms with E-state index in [9.17, 15) is 4.79 Å². The number of hydrazone groups is 1. The highest BCUT2D eigenvalue weighted by Crippen LogP contribution is 2.22. The van der Waals surface area contributed by atoms with Crippen LogP contribution in [0, 0.1) is 0 Å². The van der Waals surface area contributed by atoms with Crippen LogP contribution in [0.2, 0.25) is 0 Å². The fourth-order valence-electron chi connectivity index (χ4n) is 1.46. The van der Waals surface area contributed by atoms with Crippen molar-refractivity contribution in [1.82, 2.24) is 10.4 Å². The Morgan fingerprint density at radius 2 is 2.00 bits per heavy atom. The number of nitrogens with one attached hydrogen (secondary N) is 1. The quantitative estimate of drug-likeness (QED) is 0.522. The predicted molar refractivity (Wildman–Crippen MR) is 81.7 cm³/mol. The molecule has 0 spiro atoms. The number of thioether (sulfide) groups is 1. The van der Waals surface area contributed by atoms with E-state index in [4.69, 9.17) is 0 Å². The van der Waals surface area contributed by atoms with E-state index in [-0.39, 0.29) is 11.2 Å². The van der Waals surface area contributed by atoms with Crippen molar-refractivity contribution in [3.63, 3.8) is 0 Å². The van der Waals surface area contributed by atoms with Gasteiger partial charge >= 0.3 is 0 Å². The largest absolute Gasteiger partial charge is 0.272 e. The van der Waals surface area contributed by atoms with Gasteiger partial charge in [0.25, 0.3) is 5.91 Å². The van der Waals surface area contributed by atoms with Gasteiger partial charge in [-0.25, -0.2) is 5.43 Å². The highest BCUT2D eigenvalue weighted by atomic mass is 32.2. The molecule has 4 nitrogen and oxygen atoms in total. The number of aromatic nitrogens is 1. The number of nitrogens with zero attached hydrogens (tertiary/aromatic N) is 2. The van der Waals surface area contributed by atoms with E-state index in [1.54, 1.807) is 6.20 Å². The highest BCUT2D eigenvalue weighted by molar-refractivity contribution is 8.00. The molecule has 1 heterocycles. The summed E-state index contributed by atoms with van der Waals surface area (Å²) in [5.41, 5.74) is 3.23. The fraction of sp³-hybridized carbons (Fsp3) is 0.133. The Morgan fingerprint density at radius 3 is 2.70 bits per heavy atom. The Labute approximate surface area is 122 Å². The zero-order chi connectivity index (χ0) is 14.2. The predicted octanol–water partition coefficient (Wildman–Crippen LogP) is 2.71. The molecule has 2 rings (SSSR count). The maximum Gasteiger partial charge on any atom is 0.253 e. The van der Waals surface area contributed by atoms with Crippen molar-refractivity contribution in [2.75, 3.05) is 0 Å².